The van der Waals surface area contributed by atoms with E-state index in [1.165, 1.54) is 0 Å². The van der Waals surface area contributed by atoms with E-state index in [1.54, 1.807) is 0 Å². The predicted molar refractivity (Wildman–Crippen MR) is 54.7 cm³/mol. The SMILES string of the molecule is C#CCC(=O)Nc1cc(CCC)[nH]n1. The van der Waals surface area contributed by atoms with Gasteiger partial charge in [-0.3, -0.25) is 9.89 Å². The summed E-state index contributed by atoms with van der Waals surface area (Å²) in [6.07, 6.45) is 7.05. The molecule has 0 aliphatic carbocycles. The van der Waals surface area contributed by atoms with Gasteiger partial charge in [0, 0.05) is 11.8 Å². The van der Waals surface area contributed by atoms with Crippen LogP contribution in [0.15, 0.2) is 6.07 Å². The van der Waals surface area contributed by atoms with Crippen molar-refractivity contribution < 1.29 is 4.79 Å². The molecule has 0 aliphatic rings. The number of nitrogens with one attached hydrogen (secondary N) is 2. The number of terminal acetylenes is 1. The second-order valence-electron chi connectivity index (χ2n) is 2.96. The molecule has 1 rings (SSSR count). The summed E-state index contributed by atoms with van der Waals surface area (Å²) in [5, 5.41) is 9.37. The van der Waals surface area contributed by atoms with Gasteiger partial charge in [-0.25, -0.2) is 0 Å². The average Bonchev–Trinajstić information content (AvgIpc) is 2.53. The number of amides is 1. The molecular formula is C10H13N3O. The van der Waals surface area contributed by atoms with E-state index >= 15 is 0 Å². The van der Waals surface area contributed by atoms with Crippen molar-refractivity contribution in [3.8, 4) is 12.3 Å². The van der Waals surface area contributed by atoms with E-state index in [0.717, 1.165) is 18.5 Å². The van der Waals surface area contributed by atoms with E-state index in [-0.39, 0.29) is 12.3 Å². The van der Waals surface area contributed by atoms with Gasteiger partial charge in [0.05, 0.1) is 6.42 Å². The molecule has 1 aromatic heterocycles. The van der Waals surface area contributed by atoms with Crippen LogP contribution in [0.3, 0.4) is 0 Å². The van der Waals surface area contributed by atoms with Gasteiger partial charge >= 0.3 is 0 Å². The molecule has 0 spiro atoms. The molecule has 1 amide bonds. The van der Waals surface area contributed by atoms with E-state index in [0.29, 0.717) is 5.82 Å². The maximum absolute atomic E-state index is 11.1. The van der Waals surface area contributed by atoms with E-state index in [4.69, 9.17) is 6.42 Å². The molecule has 4 nitrogen and oxygen atoms in total. The Morgan fingerprint density at radius 2 is 2.57 bits per heavy atom. The first kappa shape index (κ1) is 10.3. The third-order valence-corrected chi connectivity index (χ3v) is 1.68. The molecule has 0 aromatic carbocycles. The van der Waals surface area contributed by atoms with Gasteiger partial charge < -0.3 is 5.32 Å². The number of hydrogen-bond acceptors (Lipinski definition) is 2. The first-order valence-corrected chi connectivity index (χ1v) is 4.54. The number of carbonyl (C=O) groups excluding carboxylic acids is 1. The minimum atomic E-state index is -0.206. The lowest BCUT2D eigenvalue weighted by atomic mass is 10.2. The van der Waals surface area contributed by atoms with Crippen LogP contribution in [-0.4, -0.2) is 16.1 Å². The monoisotopic (exact) mass is 191 g/mol. The molecule has 0 atom stereocenters. The Labute approximate surface area is 83.1 Å². The molecule has 14 heavy (non-hydrogen) atoms. The van der Waals surface area contributed by atoms with Gasteiger partial charge in [-0.2, -0.15) is 5.10 Å². The van der Waals surface area contributed by atoms with Crippen molar-refractivity contribution in [2.45, 2.75) is 26.2 Å². The highest BCUT2D eigenvalue weighted by molar-refractivity contribution is 5.91. The van der Waals surface area contributed by atoms with Crippen molar-refractivity contribution in [2.75, 3.05) is 5.32 Å². The summed E-state index contributed by atoms with van der Waals surface area (Å²) in [6.45, 7) is 2.08. The third kappa shape index (κ3) is 2.94. The summed E-state index contributed by atoms with van der Waals surface area (Å²) in [4.78, 5) is 11.1. The lowest BCUT2D eigenvalue weighted by molar-refractivity contribution is -0.115. The molecule has 1 heterocycles. The minimum Gasteiger partial charge on any atom is -0.308 e. The summed E-state index contributed by atoms with van der Waals surface area (Å²) in [5.41, 5.74) is 1.02. The highest BCUT2D eigenvalue weighted by atomic mass is 16.1. The van der Waals surface area contributed by atoms with Crippen LogP contribution < -0.4 is 5.32 Å². The van der Waals surface area contributed by atoms with Crippen molar-refractivity contribution in [3.05, 3.63) is 11.8 Å². The highest BCUT2D eigenvalue weighted by Gasteiger charge is 2.03. The van der Waals surface area contributed by atoms with Crippen molar-refractivity contribution in [1.29, 1.82) is 0 Å². The number of aryl methyl sites for hydroxylation is 1. The molecule has 74 valence electrons. The van der Waals surface area contributed by atoms with Crippen molar-refractivity contribution in [3.63, 3.8) is 0 Å². The van der Waals surface area contributed by atoms with Crippen molar-refractivity contribution in [1.82, 2.24) is 10.2 Å². The Bertz CT molecular complexity index is 348. The van der Waals surface area contributed by atoms with Crippen molar-refractivity contribution in [2.24, 2.45) is 0 Å². The summed E-state index contributed by atoms with van der Waals surface area (Å²) in [6, 6.07) is 1.82. The quantitative estimate of drug-likeness (QED) is 0.705. The largest absolute Gasteiger partial charge is 0.308 e. The molecular weight excluding hydrogens is 178 g/mol. The number of carbonyl (C=O) groups is 1. The zero-order valence-corrected chi connectivity index (χ0v) is 8.13. The van der Waals surface area contributed by atoms with E-state index in [2.05, 4.69) is 28.4 Å². The minimum absolute atomic E-state index is 0.0793. The second kappa shape index (κ2) is 5.07. The van der Waals surface area contributed by atoms with Crippen LogP contribution in [0.5, 0.6) is 0 Å². The maximum Gasteiger partial charge on any atom is 0.237 e. The molecule has 0 unspecified atom stereocenters. The molecule has 0 radical (unpaired) electrons. The third-order valence-electron chi connectivity index (χ3n) is 1.68. The zero-order chi connectivity index (χ0) is 10.4. The maximum atomic E-state index is 11.1. The normalized spacial score (nSPS) is 9.43. The van der Waals surface area contributed by atoms with Gasteiger partial charge in [-0.1, -0.05) is 19.3 Å². The summed E-state index contributed by atoms with van der Waals surface area (Å²) in [5.74, 6) is 2.60. The van der Waals surface area contributed by atoms with Crippen LogP contribution in [0.2, 0.25) is 0 Å². The molecule has 0 saturated carbocycles. The summed E-state index contributed by atoms with van der Waals surface area (Å²) >= 11 is 0. The topological polar surface area (TPSA) is 57.8 Å². The Kier molecular flexibility index (Phi) is 3.74. The van der Waals surface area contributed by atoms with E-state index in [9.17, 15) is 4.79 Å². The fourth-order valence-corrected chi connectivity index (χ4v) is 1.10. The first-order valence-electron chi connectivity index (χ1n) is 4.54. The Hall–Kier alpha value is -1.76. The Morgan fingerprint density at radius 3 is 3.21 bits per heavy atom. The highest BCUT2D eigenvalue weighted by Crippen LogP contribution is 2.07. The van der Waals surface area contributed by atoms with Crippen LogP contribution >= 0.6 is 0 Å². The number of hydrogen-bond donors (Lipinski definition) is 2. The van der Waals surface area contributed by atoms with Gasteiger partial charge in [0.1, 0.15) is 0 Å². The van der Waals surface area contributed by atoms with Crippen LogP contribution in [-0.2, 0) is 11.2 Å². The van der Waals surface area contributed by atoms with Gasteiger partial charge in [-0.15, -0.1) is 6.42 Å². The fraction of sp³-hybridized carbons (Fsp3) is 0.400. The Balaban J connectivity index is 2.51. The smallest absolute Gasteiger partial charge is 0.237 e. The fourth-order valence-electron chi connectivity index (χ4n) is 1.10. The van der Waals surface area contributed by atoms with Crippen LogP contribution in [0, 0.1) is 12.3 Å². The van der Waals surface area contributed by atoms with Gasteiger partial charge in [0.2, 0.25) is 5.91 Å². The molecule has 0 bridgehead atoms. The molecule has 1 aromatic rings. The number of H-pyrrole nitrogens is 1. The number of nitrogens with zero attached hydrogens (tertiary/aromatic N) is 1. The van der Waals surface area contributed by atoms with E-state index in [1.807, 2.05) is 6.07 Å². The number of rotatable bonds is 4. The second-order valence-corrected chi connectivity index (χ2v) is 2.96. The van der Waals surface area contributed by atoms with Crippen LogP contribution in [0.25, 0.3) is 0 Å². The van der Waals surface area contributed by atoms with Gasteiger partial charge in [-0.05, 0) is 6.42 Å². The first-order chi connectivity index (χ1) is 6.76. The lowest BCUT2D eigenvalue weighted by Crippen LogP contribution is -2.10. The van der Waals surface area contributed by atoms with E-state index < -0.39 is 0 Å². The average molecular weight is 191 g/mol. The predicted octanol–water partition coefficient (Wildman–Crippen LogP) is 1.32. The molecule has 4 heteroatoms. The zero-order valence-electron chi connectivity index (χ0n) is 8.13. The number of aromatic amines is 1. The number of anilines is 1. The molecule has 0 fully saturated rings. The van der Waals surface area contributed by atoms with Crippen LogP contribution in [0.1, 0.15) is 25.5 Å². The standard InChI is InChI=1S/C10H13N3O/c1-3-5-8-7-9(13-12-8)11-10(14)6-4-2/h2,7H,3,5-6H2,1H3,(H2,11,12,13,14). The summed E-state index contributed by atoms with van der Waals surface area (Å²) < 4.78 is 0. The summed E-state index contributed by atoms with van der Waals surface area (Å²) in [7, 11) is 0. The van der Waals surface area contributed by atoms with Crippen molar-refractivity contribution >= 4 is 11.7 Å². The van der Waals surface area contributed by atoms with Gasteiger partial charge in [0.25, 0.3) is 0 Å². The Morgan fingerprint density at radius 1 is 1.79 bits per heavy atom. The lowest BCUT2D eigenvalue weighted by Gasteiger charge is -1.95. The molecule has 2 N–H and O–H groups in total. The number of aromatic nitrogens is 2. The van der Waals surface area contributed by atoms with Gasteiger partial charge in [0.15, 0.2) is 5.82 Å². The van der Waals surface area contributed by atoms with Crippen LogP contribution in [0.4, 0.5) is 5.82 Å². The molecule has 0 aliphatic heterocycles. The molecule has 0 saturated heterocycles.